The van der Waals surface area contributed by atoms with Crippen molar-refractivity contribution in [1.29, 1.82) is 0 Å². The van der Waals surface area contributed by atoms with Crippen molar-refractivity contribution in [2.45, 2.75) is 26.3 Å². The van der Waals surface area contributed by atoms with Gasteiger partial charge in [0.05, 0.1) is 6.42 Å². The van der Waals surface area contributed by atoms with Gasteiger partial charge in [0, 0.05) is 29.7 Å². The van der Waals surface area contributed by atoms with E-state index in [0.717, 1.165) is 16.5 Å². The van der Waals surface area contributed by atoms with E-state index < -0.39 is 0 Å². The molecule has 0 aliphatic rings. The van der Waals surface area contributed by atoms with Gasteiger partial charge in [-0.05, 0) is 31.6 Å². The maximum absolute atomic E-state index is 12.2. The molecule has 0 radical (unpaired) electrons. The third-order valence-corrected chi connectivity index (χ3v) is 3.97. The lowest BCUT2D eigenvalue weighted by Crippen LogP contribution is -2.43. The third-order valence-electron chi connectivity index (χ3n) is 3.97. The van der Waals surface area contributed by atoms with Gasteiger partial charge in [0.1, 0.15) is 0 Å². The first kappa shape index (κ1) is 15.6. The van der Waals surface area contributed by atoms with E-state index in [0.29, 0.717) is 24.9 Å². The molecule has 1 heterocycles. The van der Waals surface area contributed by atoms with Gasteiger partial charge >= 0.3 is 0 Å². The summed E-state index contributed by atoms with van der Waals surface area (Å²) in [5.41, 5.74) is 2.13. The minimum atomic E-state index is 0.0762. The van der Waals surface area contributed by atoms with E-state index in [4.69, 9.17) is 0 Å². The van der Waals surface area contributed by atoms with Gasteiger partial charge in [0.15, 0.2) is 0 Å². The molecule has 21 heavy (non-hydrogen) atoms. The first-order chi connectivity index (χ1) is 9.99. The summed E-state index contributed by atoms with van der Waals surface area (Å²) in [4.78, 5) is 17.5. The highest BCUT2D eigenvalue weighted by atomic mass is 16.1. The van der Waals surface area contributed by atoms with Crippen molar-refractivity contribution in [3.8, 4) is 0 Å². The second-order valence-corrected chi connectivity index (χ2v) is 6.12. The molecule has 0 saturated heterocycles. The highest BCUT2D eigenvalue weighted by Crippen LogP contribution is 2.18. The fourth-order valence-electron chi connectivity index (χ4n) is 2.75. The van der Waals surface area contributed by atoms with Crippen LogP contribution in [0.2, 0.25) is 0 Å². The molecule has 0 fully saturated rings. The standard InChI is InChI=1S/C17H25N3O/c1-12(2)16(20(3)4)11-19-17(21)9-13-10-18-15-8-6-5-7-14(13)15/h5-8,10,12,16,18H,9,11H2,1-4H3,(H,19,21). The predicted octanol–water partition coefficient (Wildman–Crippen LogP) is 2.41. The quantitative estimate of drug-likeness (QED) is 0.857. The van der Waals surface area contributed by atoms with E-state index in [1.165, 1.54) is 0 Å². The van der Waals surface area contributed by atoms with E-state index in [9.17, 15) is 4.79 Å². The summed E-state index contributed by atoms with van der Waals surface area (Å²) in [6.45, 7) is 5.04. The largest absolute Gasteiger partial charge is 0.361 e. The minimum absolute atomic E-state index is 0.0762. The lowest BCUT2D eigenvalue weighted by Gasteiger charge is -2.28. The summed E-state index contributed by atoms with van der Waals surface area (Å²) in [5.74, 6) is 0.584. The smallest absolute Gasteiger partial charge is 0.224 e. The number of H-pyrrole nitrogens is 1. The number of para-hydroxylation sites is 1. The number of rotatable bonds is 6. The average molecular weight is 287 g/mol. The van der Waals surface area contributed by atoms with Crippen molar-refractivity contribution in [3.05, 3.63) is 36.0 Å². The van der Waals surface area contributed by atoms with E-state index in [1.54, 1.807) is 0 Å². The Morgan fingerprint density at radius 2 is 2.00 bits per heavy atom. The number of benzene rings is 1. The molecular formula is C17H25N3O. The molecule has 0 bridgehead atoms. The second-order valence-electron chi connectivity index (χ2n) is 6.12. The van der Waals surface area contributed by atoms with Crippen molar-refractivity contribution in [2.24, 2.45) is 5.92 Å². The van der Waals surface area contributed by atoms with Gasteiger partial charge in [0.25, 0.3) is 0 Å². The van der Waals surface area contributed by atoms with Crippen LogP contribution in [0.5, 0.6) is 0 Å². The van der Waals surface area contributed by atoms with Crippen LogP contribution in [-0.2, 0) is 11.2 Å². The molecule has 1 atom stereocenters. The number of likely N-dealkylation sites (N-methyl/N-ethyl adjacent to an activating group) is 1. The molecule has 2 aromatic rings. The van der Waals surface area contributed by atoms with E-state index in [2.05, 4.69) is 43.1 Å². The number of nitrogens with zero attached hydrogens (tertiary/aromatic N) is 1. The summed E-state index contributed by atoms with van der Waals surface area (Å²) in [5, 5.41) is 4.18. The Labute approximate surface area is 126 Å². The number of hydrogen-bond acceptors (Lipinski definition) is 2. The zero-order valence-corrected chi connectivity index (χ0v) is 13.3. The maximum atomic E-state index is 12.2. The van der Waals surface area contributed by atoms with Crippen LogP contribution in [0.25, 0.3) is 10.9 Å². The first-order valence-electron chi connectivity index (χ1n) is 7.47. The summed E-state index contributed by atoms with van der Waals surface area (Å²) >= 11 is 0. The fraction of sp³-hybridized carbons (Fsp3) is 0.471. The molecule has 4 nitrogen and oxygen atoms in total. The third kappa shape index (κ3) is 3.85. The van der Waals surface area contributed by atoms with Crippen LogP contribution in [0.1, 0.15) is 19.4 Å². The van der Waals surface area contributed by atoms with Gasteiger partial charge in [-0.25, -0.2) is 0 Å². The topological polar surface area (TPSA) is 48.1 Å². The minimum Gasteiger partial charge on any atom is -0.361 e. The fourth-order valence-corrected chi connectivity index (χ4v) is 2.75. The van der Waals surface area contributed by atoms with Crippen LogP contribution < -0.4 is 5.32 Å². The van der Waals surface area contributed by atoms with E-state index in [1.807, 2.05) is 30.5 Å². The van der Waals surface area contributed by atoms with Crippen LogP contribution in [0.15, 0.2) is 30.5 Å². The average Bonchev–Trinajstić information content (AvgIpc) is 2.81. The van der Waals surface area contributed by atoms with E-state index in [-0.39, 0.29) is 5.91 Å². The summed E-state index contributed by atoms with van der Waals surface area (Å²) in [6, 6.07) is 8.42. The van der Waals surface area contributed by atoms with Crippen LogP contribution in [0, 0.1) is 5.92 Å². The van der Waals surface area contributed by atoms with Gasteiger partial charge < -0.3 is 15.2 Å². The van der Waals surface area contributed by atoms with Crippen LogP contribution in [-0.4, -0.2) is 42.5 Å². The number of aromatic amines is 1. The zero-order chi connectivity index (χ0) is 15.4. The number of carbonyl (C=O) groups is 1. The Balaban J connectivity index is 1.96. The maximum Gasteiger partial charge on any atom is 0.224 e. The molecule has 114 valence electrons. The molecule has 0 aliphatic heterocycles. The molecule has 4 heteroatoms. The molecule has 0 saturated carbocycles. The molecule has 1 aromatic carbocycles. The number of aromatic nitrogens is 1. The SMILES string of the molecule is CC(C)C(CNC(=O)Cc1c[nH]c2ccccc12)N(C)C. The van der Waals surface area contributed by atoms with Crippen molar-refractivity contribution in [3.63, 3.8) is 0 Å². The van der Waals surface area contributed by atoms with Crippen LogP contribution >= 0.6 is 0 Å². The monoisotopic (exact) mass is 287 g/mol. The molecule has 0 aliphatic carbocycles. The Kier molecular flexibility index (Phi) is 5.02. The number of fused-ring (bicyclic) bond motifs is 1. The predicted molar refractivity (Wildman–Crippen MR) is 87.3 cm³/mol. The van der Waals surface area contributed by atoms with Crippen molar-refractivity contribution >= 4 is 16.8 Å². The van der Waals surface area contributed by atoms with Crippen LogP contribution in [0.4, 0.5) is 0 Å². The number of hydrogen-bond donors (Lipinski definition) is 2. The van der Waals surface area contributed by atoms with Gasteiger partial charge in [-0.1, -0.05) is 32.0 Å². The Morgan fingerprint density at radius 1 is 1.29 bits per heavy atom. The number of carbonyl (C=O) groups excluding carboxylic acids is 1. The van der Waals surface area contributed by atoms with Crippen LogP contribution in [0.3, 0.4) is 0 Å². The Morgan fingerprint density at radius 3 is 2.67 bits per heavy atom. The highest BCUT2D eigenvalue weighted by molar-refractivity contribution is 5.88. The van der Waals surface area contributed by atoms with Crippen molar-refractivity contribution in [1.82, 2.24) is 15.2 Å². The molecule has 1 aromatic heterocycles. The lowest BCUT2D eigenvalue weighted by molar-refractivity contribution is -0.120. The van der Waals surface area contributed by atoms with E-state index >= 15 is 0 Å². The van der Waals surface area contributed by atoms with Crippen molar-refractivity contribution < 1.29 is 4.79 Å². The number of nitrogens with one attached hydrogen (secondary N) is 2. The first-order valence-corrected chi connectivity index (χ1v) is 7.47. The van der Waals surface area contributed by atoms with Gasteiger partial charge in [-0.2, -0.15) is 0 Å². The Bertz CT molecular complexity index is 593. The highest BCUT2D eigenvalue weighted by Gasteiger charge is 2.17. The van der Waals surface area contributed by atoms with Gasteiger partial charge in [0.2, 0.25) is 5.91 Å². The van der Waals surface area contributed by atoms with Gasteiger partial charge in [-0.15, -0.1) is 0 Å². The molecule has 2 rings (SSSR count). The number of amides is 1. The Hall–Kier alpha value is -1.81. The molecule has 1 amide bonds. The summed E-state index contributed by atoms with van der Waals surface area (Å²) in [6.07, 6.45) is 2.35. The summed E-state index contributed by atoms with van der Waals surface area (Å²) < 4.78 is 0. The van der Waals surface area contributed by atoms with Crippen molar-refractivity contribution in [2.75, 3.05) is 20.6 Å². The van der Waals surface area contributed by atoms with Gasteiger partial charge in [-0.3, -0.25) is 4.79 Å². The zero-order valence-electron chi connectivity index (χ0n) is 13.3. The molecular weight excluding hydrogens is 262 g/mol. The molecule has 2 N–H and O–H groups in total. The lowest BCUT2D eigenvalue weighted by atomic mass is 10.0. The molecule has 1 unspecified atom stereocenters. The second kappa shape index (κ2) is 6.76. The summed E-state index contributed by atoms with van der Waals surface area (Å²) in [7, 11) is 4.10. The molecule has 0 spiro atoms. The normalized spacial score (nSPS) is 13.0.